The van der Waals surface area contributed by atoms with Gasteiger partial charge in [-0.15, -0.1) is 0 Å². The molecule has 0 heterocycles. The van der Waals surface area contributed by atoms with Crippen molar-refractivity contribution in [2.45, 2.75) is 77.2 Å². The SMILES string of the molecule is CCCCCCCCCC(CCCN)NCCN. The highest BCUT2D eigenvalue weighted by Crippen LogP contribution is 2.11. The summed E-state index contributed by atoms with van der Waals surface area (Å²) in [7, 11) is 0. The third kappa shape index (κ3) is 12.3. The third-order valence-corrected chi connectivity index (χ3v) is 3.49. The lowest BCUT2D eigenvalue weighted by molar-refractivity contribution is 0.426. The average Bonchev–Trinajstić information content (AvgIpc) is 2.40. The average molecular weight is 257 g/mol. The molecule has 0 aromatic rings. The smallest absolute Gasteiger partial charge is 0.00770 e. The first-order valence-electron chi connectivity index (χ1n) is 7.98. The minimum atomic E-state index is 0.632. The quantitative estimate of drug-likeness (QED) is 0.419. The molecule has 0 aromatic carbocycles. The Balaban J connectivity index is 3.43. The van der Waals surface area contributed by atoms with Gasteiger partial charge in [-0.3, -0.25) is 0 Å². The van der Waals surface area contributed by atoms with E-state index in [9.17, 15) is 0 Å². The van der Waals surface area contributed by atoms with Crippen LogP contribution in [0.5, 0.6) is 0 Å². The zero-order valence-corrected chi connectivity index (χ0v) is 12.4. The molecule has 110 valence electrons. The molecule has 0 rings (SSSR count). The van der Waals surface area contributed by atoms with Crippen molar-refractivity contribution in [3.8, 4) is 0 Å². The molecule has 18 heavy (non-hydrogen) atoms. The number of hydrogen-bond donors (Lipinski definition) is 3. The van der Waals surface area contributed by atoms with Crippen LogP contribution in [0.4, 0.5) is 0 Å². The summed E-state index contributed by atoms with van der Waals surface area (Å²) in [6.45, 7) is 4.74. The van der Waals surface area contributed by atoms with Crippen molar-refractivity contribution in [1.82, 2.24) is 5.32 Å². The van der Waals surface area contributed by atoms with E-state index >= 15 is 0 Å². The molecule has 3 nitrogen and oxygen atoms in total. The first kappa shape index (κ1) is 17.9. The zero-order chi connectivity index (χ0) is 13.5. The van der Waals surface area contributed by atoms with Gasteiger partial charge in [0, 0.05) is 19.1 Å². The van der Waals surface area contributed by atoms with Crippen molar-refractivity contribution < 1.29 is 0 Å². The molecular formula is C15H35N3. The lowest BCUT2D eigenvalue weighted by Gasteiger charge is -2.18. The molecule has 5 N–H and O–H groups in total. The highest BCUT2D eigenvalue weighted by Gasteiger charge is 2.06. The lowest BCUT2D eigenvalue weighted by atomic mass is 10.0. The normalized spacial score (nSPS) is 12.8. The van der Waals surface area contributed by atoms with Gasteiger partial charge < -0.3 is 16.8 Å². The van der Waals surface area contributed by atoms with E-state index in [4.69, 9.17) is 11.5 Å². The van der Waals surface area contributed by atoms with Crippen molar-refractivity contribution >= 4 is 0 Å². The molecule has 0 amide bonds. The summed E-state index contributed by atoms with van der Waals surface area (Å²) in [4.78, 5) is 0. The summed E-state index contributed by atoms with van der Waals surface area (Å²) in [5.41, 5.74) is 11.1. The predicted molar refractivity (Wildman–Crippen MR) is 81.7 cm³/mol. The van der Waals surface area contributed by atoms with Crippen LogP contribution in [-0.4, -0.2) is 25.7 Å². The van der Waals surface area contributed by atoms with Crippen LogP contribution in [0.3, 0.4) is 0 Å². The highest BCUT2D eigenvalue weighted by atomic mass is 14.9. The maximum atomic E-state index is 5.58. The fraction of sp³-hybridized carbons (Fsp3) is 1.00. The third-order valence-electron chi connectivity index (χ3n) is 3.49. The Morgan fingerprint density at radius 1 is 0.778 bits per heavy atom. The molecule has 1 atom stereocenters. The second-order valence-electron chi connectivity index (χ2n) is 5.28. The van der Waals surface area contributed by atoms with Gasteiger partial charge in [0.1, 0.15) is 0 Å². The first-order chi connectivity index (χ1) is 8.85. The van der Waals surface area contributed by atoms with E-state index < -0.39 is 0 Å². The van der Waals surface area contributed by atoms with E-state index in [0.717, 1.165) is 26.1 Å². The van der Waals surface area contributed by atoms with Crippen LogP contribution in [0.15, 0.2) is 0 Å². The molecule has 0 radical (unpaired) electrons. The second-order valence-corrected chi connectivity index (χ2v) is 5.28. The minimum absolute atomic E-state index is 0.632. The standard InChI is InChI=1S/C15H35N3/c1-2-3-4-5-6-7-8-10-15(11-9-12-16)18-14-13-17/h15,18H,2-14,16-17H2,1H3. The molecular weight excluding hydrogens is 222 g/mol. The van der Waals surface area contributed by atoms with Crippen molar-refractivity contribution in [3.05, 3.63) is 0 Å². The van der Waals surface area contributed by atoms with Crippen molar-refractivity contribution in [2.75, 3.05) is 19.6 Å². The van der Waals surface area contributed by atoms with Crippen molar-refractivity contribution in [3.63, 3.8) is 0 Å². The van der Waals surface area contributed by atoms with Crippen LogP contribution < -0.4 is 16.8 Å². The van der Waals surface area contributed by atoms with Gasteiger partial charge in [0.15, 0.2) is 0 Å². The number of rotatable bonds is 14. The maximum absolute atomic E-state index is 5.58. The van der Waals surface area contributed by atoms with Crippen LogP contribution in [0.25, 0.3) is 0 Å². The molecule has 0 aliphatic rings. The minimum Gasteiger partial charge on any atom is -0.330 e. The van der Waals surface area contributed by atoms with Crippen molar-refractivity contribution in [1.29, 1.82) is 0 Å². The molecule has 0 aromatic heterocycles. The van der Waals surface area contributed by atoms with Gasteiger partial charge >= 0.3 is 0 Å². The molecule has 0 fully saturated rings. The Hall–Kier alpha value is -0.120. The van der Waals surface area contributed by atoms with Crippen LogP contribution >= 0.6 is 0 Å². The van der Waals surface area contributed by atoms with Crippen LogP contribution in [-0.2, 0) is 0 Å². The van der Waals surface area contributed by atoms with E-state index in [-0.39, 0.29) is 0 Å². The Kier molecular flexibility index (Phi) is 14.8. The molecule has 3 heteroatoms. The predicted octanol–water partition coefficient (Wildman–Crippen LogP) is 2.78. The fourth-order valence-electron chi connectivity index (χ4n) is 2.35. The number of nitrogens with one attached hydrogen (secondary N) is 1. The van der Waals surface area contributed by atoms with Gasteiger partial charge in [-0.1, -0.05) is 51.9 Å². The number of unbranched alkanes of at least 4 members (excludes halogenated alkanes) is 6. The topological polar surface area (TPSA) is 64.1 Å². The van der Waals surface area contributed by atoms with E-state index in [1.54, 1.807) is 0 Å². The molecule has 0 aliphatic carbocycles. The summed E-state index contributed by atoms with van der Waals surface area (Å²) in [6.07, 6.45) is 13.3. The van der Waals surface area contributed by atoms with E-state index in [0.29, 0.717) is 6.04 Å². The largest absolute Gasteiger partial charge is 0.330 e. The second kappa shape index (κ2) is 14.9. The van der Waals surface area contributed by atoms with E-state index in [2.05, 4.69) is 12.2 Å². The molecule has 1 unspecified atom stereocenters. The maximum Gasteiger partial charge on any atom is 0.00770 e. The first-order valence-corrected chi connectivity index (χ1v) is 7.98. The summed E-state index contributed by atoms with van der Waals surface area (Å²) < 4.78 is 0. The van der Waals surface area contributed by atoms with Crippen molar-refractivity contribution in [2.24, 2.45) is 11.5 Å². The summed E-state index contributed by atoms with van der Waals surface area (Å²) in [5.74, 6) is 0. The Morgan fingerprint density at radius 3 is 2.00 bits per heavy atom. The Bertz CT molecular complexity index is 143. The fourth-order valence-corrected chi connectivity index (χ4v) is 2.35. The van der Waals surface area contributed by atoms with Gasteiger partial charge in [-0.2, -0.15) is 0 Å². The summed E-state index contributed by atoms with van der Waals surface area (Å²) in [5, 5.41) is 3.53. The zero-order valence-electron chi connectivity index (χ0n) is 12.4. The Labute approximate surface area is 114 Å². The van der Waals surface area contributed by atoms with Crippen LogP contribution in [0.2, 0.25) is 0 Å². The van der Waals surface area contributed by atoms with Gasteiger partial charge in [-0.05, 0) is 25.8 Å². The molecule has 0 bridgehead atoms. The van der Waals surface area contributed by atoms with Gasteiger partial charge in [0.05, 0.1) is 0 Å². The summed E-state index contributed by atoms with van der Waals surface area (Å²) >= 11 is 0. The summed E-state index contributed by atoms with van der Waals surface area (Å²) in [6, 6.07) is 0.632. The van der Waals surface area contributed by atoms with Gasteiger partial charge in [-0.25, -0.2) is 0 Å². The van der Waals surface area contributed by atoms with E-state index in [1.165, 1.54) is 57.8 Å². The molecule has 0 saturated heterocycles. The monoisotopic (exact) mass is 257 g/mol. The van der Waals surface area contributed by atoms with Gasteiger partial charge in [0.2, 0.25) is 0 Å². The highest BCUT2D eigenvalue weighted by molar-refractivity contribution is 4.67. The van der Waals surface area contributed by atoms with E-state index in [1.807, 2.05) is 0 Å². The molecule has 0 saturated carbocycles. The number of nitrogens with two attached hydrogens (primary N) is 2. The van der Waals surface area contributed by atoms with Crippen LogP contribution in [0, 0.1) is 0 Å². The number of hydrogen-bond acceptors (Lipinski definition) is 3. The van der Waals surface area contributed by atoms with Gasteiger partial charge in [0.25, 0.3) is 0 Å². The van der Waals surface area contributed by atoms with Crippen LogP contribution in [0.1, 0.15) is 71.1 Å². The lowest BCUT2D eigenvalue weighted by Crippen LogP contribution is -2.33. The molecule has 0 spiro atoms. The Morgan fingerprint density at radius 2 is 1.39 bits per heavy atom. The molecule has 0 aliphatic heterocycles.